The molecule has 158 valence electrons. The Morgan fingerprint density at radius 1 is 1.38 bits per heavy atom. The number of allylic oxidation sites excluding steroid dienone is 1. The minimum atomic E-state index is -1.30. The van der Waals surface area contributed by atoms with Crippen molar-refractivity contribution in [2.24, 2.45) is 28.6 Å². The van der Waals surface area contributed by atoms with Gasteiger partial charge < -0.3 is 19.5 Å². The van der Waals surface area contributed by atoms with Crippen molar-refractivity contribution in [2.45, 2.75) is 57.0 Å². The van der Waals surface area contributed by atoms with E-state index in [0.29, 0.717) is 25.0 Å². The Labute approximate surface area is 171 Å². The lowest BCUT2D eigenvalue weighted by Crippen LogP contribution is -2.87. The Morgan fingerprint density at radius 3 is 2.69 bits per heavy atom. The van der Waals surface area contributed by atoms with Gasteiger partial charge in [0.05, 0.1) is 23.7 Å². The lowest BCUT2D eigenvalue weighted by molar-refractivity contribution is -0.329. The number of ether oxygens (including phenoxy) is 2. The number of rotatable bonds is 4. The van der Waals surface area contributed by atoms with Crippen molar-refractivity contribution in [2.75, 3.05) is 20.8 Å². The number of carbonyl (C=O) groups excluding carboxylic acids is 2. The van der Waals surface area contributed by atoms with Crippen molar-refractivity contribution in [1.82, 2.24) is 4.90 Å². The first kappa shape index (κ1) is 19.5. The molecule has 29 heavy (non-hydrogen) atoms. The number of nitrogens with zero attached hydrogens (tertiary/aromatic N) is 1. The average molecular weight is 402 g/mol. The van der Waals surface area contributed by atoms with Gasteiger partial charge >= 0.3 is 0 Å². The summed E-state index contributed by atoms with van der Waals surface area (Å²) in [4.78, 5) is 27.4. The zero-order valence-electron chi connectivity index (χ0n) is 17.7. The van der Waals surface area contributed by atoms with Gasteiger partial charge in [-0.2, -0.15) is 0 Å². The molecule has 6 aliphatic rings. The summed E-state index contributed by atoms with van der Waals surface area (Å²) >= 11 is 0. The van der Waals surface area contributed by atoms with Crippen LogP contribution in [0.25, 0.3) is 0 Å². The number of amides is 1. The van der Waals surface area contributed by atoms with Crippen molar-refractivity contribution in [1.29, 1.82) is 0 Å². The van der Waals surface area contributed by atoms with Crippen LogP contribution in [0.15, 0.2) is 23.8 Å². The van der Waals surface area contributed by atoms with Crippen LogP contribution in [0, 0.1) is 28.6 Å². The van der Waals surface area contributed by atoms with Crippen molar-refractivity contribution >= 4 is 12.2 Å². The molecular weight excluding hydrogens is 370 g/mol. The van der Waals surface area contributed by atoms with Crippen molar-refractivity contribution in [3.05, 3.63) is 23.8 Å². The second kappa shape index (κ2) is 5.80. The standard InChI is InChI=1S/C23H31NO5/c1-6-24-18-12(2)23(27)15-10-13(11-25)9-14(15)22(18)16(28-4)7-8-21(3,20(24)26)17(22)19(23)29-5/h10-11,14-19,27H,2,6-9H2,1,3-5H3/t14-,15+,16+,17-,18-,19+,21-,22+,23-/m1/s1. The van der Waals surface area contributed by atoms with Gasteiger partial charge in [-0.15, -0.1) is 0 Å². The molecule has 1 saturated heterocycles. The molecule has 1 heterocycles. The molecule has 0 aromatic rings. The van der Waals surface area contributed by atoms with Gasteiger partial charge in [0.2, 0.25) is 5.91 Å². The Kier molecular flexibility index (Phi) is 3.89. The van der Waals surface area contributed by atoms with Gasteiger partial charge in [0, 0.05) is 38.0 Å². The van der Waals surface area contributed by atoms with E-state index in [1.165, 1.54) is 0 Å². The molecule has 0 radical (unpaired) electrons. The number of aliphatic hydroxyl groups is 1. The molecule has 1 spiro atoms. The Hall–Kier alpha value is -1.50. The summed E-state index contributed by atoms with van der Waals surface area (Å²) in [6, 6.07) is -0.305. The van der Waals surface area contributed by atoms with Crippen molar-refractivity contribution < 1.29 is 24.2 Å². The summed E-state index contributed by atoms with van der Waals surface area (Å²) in [5, 5.41) is 12.2. The fourth-order valence-corrected chi connectivity index (χ4v) is 8.48. The zero-order valence-corrected chi connectivity index (χ0v) is 17.7. The normalized spacial score (nSPS) is 52.4. The molecule has 4 saturated carbocycles. The average Bonchev–Trinajstić information content (AvgIpc) is 3.17. The Morgan fingerprint density at radius 2 is 2.10 bits per heavy atom. The summed E-state index contributed by atoms with van der Waals surface area (Å²) in [5.74, 6) is -0.286. The highest BCUT2D eigenvalue weighted by molar-refractivity contribution is 5.87. The first-order valence-electron chi connectivity index (χ1n) is 10.7. The number of piperidine rings is 1. The maximum atomic E-state index is 13.7. The molecule has 1 N–H and O–H groups in total. The minimum absolute atomic E-state index is 0.0197. The number of hydrogen-bond acceptors (Lipinski definition) is 5. The number of likely N-dealkylation sites (N-methyl/N-ethyl adjacent to an activating group) is 1. The fraction of sp³-hybridized carbons (Fsp3) is 0.739. The van der Waals surface area contributed by atoms with E-state index in [1.54, 1.807) is 14.2 Å². The minimum Gasteiger partial charge on any atom is -0.382 e. The molecular formula is C23H31NO5. The second-order valence-corrected chi connectivity index (χ2v) is 9.85. The quantitative estimate of drug-likeness (QED) is 0.574. The number of likely N-dealkylation sites (tertiary alicyclic amines) is 1. The molecule has 0 aromatic heterocycles. The SMILES string of the molecule is C=C1[C@H]2N(CC)C(=O)[C@]3(C)CC[C@H](OC)[C@]24[C@@H]2CC(C=O)=C[C@@H]2[C@@]1(O)[C@@H](OC)[C@@H]43. The van der Waals surface area contributed by atoms with E-state index < -0.39 is 22.5 Å². The molecule has 5 bridgehead atoms. The van der Waals surface area contributed by atoms with E-state index in [4.69, 9.17) is 9.47 Å². The van der Waals surface area contributed by atoms with Crippen molar-refractivity contribution in [3.8, 4) is 0 Å². The maximum Gasteiger partial charge on any atom is 0.229 e. The predicted octanol–water partition coefficient (Wildman–Crippen LogP) is 1.73. The molecule has 1 amide bonds. The molecule has 9 atom stereocenters. The highest BCUT2D eigenvalue weighted by Gasteiger charge is 2.84. The van der Waals surface area contributed by atoms with E-state index >= 15 is 0 Å². The van der Waals surface area contributed by atoms with Gasteiger partial charge in [-0.25, -0.2) is 0 Å². The van der Waals surface area contributed by atoms with Crippen LogP contribution in [0.1, 0.15) is 33.1 Å². The van der Waals surface area contributed by atoms with Crippen molar-refractivity contribution in [3.63, 3.8) is 0 Å². The maximum absolute atomic E-state index is 13.7. The van der Waals surface area contributed by atoms with E-state index in [-0.39, 0.29) is 35.8 Å². The third-order valence-electron chi connectivity index (χ3n) is 9.29. The molecule has 5 aliphatic carbocycles. The molecule has 6 nitrogen and oxygen atoms in total. The van der Waals surface area contributed by atoms with Crippen LogP contribution >= 0.6 is 0 Å². The molecule has 0 unspecified atom stereocenters. The zero-order chi connectivity index (χ0) is 20.9. The summed E-state index contributed by atoms with van der Waals surface area (Å²) in [5.41, 5.74) is -0.997. The molecule has 6 rings (SSSR count). The summed E-state index contributed by atoms with van der Waals surface area (Å²) in [7, 11) is 3.36. The van der Waals surface area contributed by atoms with Crippen LogP contribution in [0.2, 0.25) is 0 Å². The fourth-order valence-electron chi connectivity index (χ4n) is 8.48. The highest BCUT2D eigenvalue weighted by atomic mass is 16.5. The van der Waals surface area contributed by atoms with Crippen LogP contribution < -0.4 is 0 Å². The Bertz CT molecular complexity index is 837. The summed E-state index contributed by atoms with van der Waals surface area (Å²) in [6.45, 7) is 8.96. The predicted molar refractivity (Wildman–Crippen MR) is 106 cm³/mol. The molecule has 1 aliphatic heterocycles. The van der Waals surface area contributed by atoms with E-state index in [0.717, 1.165) is 18.3 Å². The van der Waals surface area contributed by atoms with Crippen LogP contribution in [0.4, 0.5) is 0 Å². The third-order valence-corrected chi connectivity index (χ3v) is 9.29. The third kappa shape index (κ3) is 1.78. The van der Waals surface area contributed by atoms with Crippen LogP contribution in [0.5, 0.6) is 0 Å². The first-order chi connectivity index (χ1) is 13.8. The van der Waals surface area contributed by atoms with Gasteiger partial charge in [-0.3, -0.25) is 9.59 Å². The smallest absolute Gasteiger partial charge is 0.229 e. The van der Waals surface area contributed by atoms with E-state index in [1.807, 2.05) is 24.8 Å². The topological polar surface area (TPSA) is 76.1 Å². The number of carbonyl (C=O) groups is 2. The summed E-state index contributed by atoms with van der Waals surface area (Å²) in [6.07, 6.45) is 4.29. The number of aldehydes is 1. The van der Waals surface area contributed by atoms with Gasteiger partial charge in [-0.05, 0) is 43.3 Å². The van der Waals surface area contributed by atoms with E-state index in [9.17, 15) is 14.7 Å². The van der Waals surface area contributed by atoms with Crippen LogP contribution in [-0.4, -0.2) is 66.8 Å². The Balaban J connectivity index is 1.86. The van der Waals surface area contributed by atoms with Gasteiger partial charge in [-0.1, -0.05) is 19.6 Å². The van der Waals surface area contributed by atoms with Gasteiger partial charge in [0.25, 0.3) is 0 Å². The molecule has 0 aromatic carbocycles. The molecule has 5 fully saturated rings. The number of methoxy groups -OCH3 is 2. The van der Waals surface area contributed by atoms with Crippen LogP contribution in [-0.2, 0) is 19.1 Å². The lowest BCUT2D eigenvalue weighted by atomic mass is 9.32. The molecule has 6 heteroatoms. The monoisotopic (exact) mass is 401 g/mol. The largest absolute Gasteiger partial charge is 0.382 e. The van der Waals surface area contributed by atoms with Gasteiger partial charge in [0.15, 0.2) is 0 Å². The van der Waals surface area contributed by atoms with Gasteiger partial charge in [0.1, 0.15) is 11.9 Å². The highest BCUT2D eigenvalue weighted by Crippen LogP contribution is 2.76. The number of hydrogen-bond donors (Lipinski definition) is 1. The first-order valence-corrected chi connectivity index (χ1v) is 10.7. The van der Waals surface area contributed by atoms with Crippen LogP contribution in [0.3, 0.4) is 0 Å². The summed E-state index contributed by atoms with van der Waals surface area (Å²) < 4.78 is 12.1. The van der Waals surface area contributed by atoms with E-state index in [2.05, 4.69) is 6.58 Å². The lowest BCUT2D eigenvalue weighted by Gasteiger charge is -2.78. The second-order valence-electron chi connectivity index (χ2n) is 9.85.